The van der Waals surface area contributed by atoms with Gasteiger partial charge < -0.3 is 10.1 Å². The van der Waals surface area contributed by atoms with Gasteiger partial charge in [-0.25, -0.2) is 9.89 Å². The standard InChI is InChI=1S/C21H24N4O3S/c1-3-14-25-20(27)23-24-21(25)29-18(15-10-6-5-7-11-15)19(26)22-16-12-8-9-13-17(16)28-4-2/h5-13,18H,3-4,14H2,1-2H3,(H,22,26)(H,23,27)/t18-/m0/s1. The zero-order valence-electron chi connectivity index (χ0n) is 16.4. The van der Waals surface area contributed by atoms with E-state index in [1.54, 1.807) is 10.6 Å². The van der Waals surface area contributed by atoms with Gasteiger partial charge in [0.25, 0.3) is 0 Å². The highest BCUT2D eigenvalue weighted by Gasteiger charge is 2.26. The van der Waals surface area contributed by atoms with Gasteiger partial charge in [-0.3, -0.25) is 9.36 Å². The van der Waals surface area contributed by atoms with E-state index in [9.17, 15) is 9.59 Å². The van der Waals surface area contributed by atoms with Crippen molar-refractivity contribution in [3.8, 4) is 5.75 Å². The summed E-state index contributed by atoms with van der Waals surface area (Å²) in [6, 6.07) is 16.8. The summed E-state index contributed by atoms with van der Waals surface area (Å²) in [7, 11) is 0. The van der Waals surface area contributed by atoms with Crippen LogP contribution in [-0.2, 0) is 11.3 Å². The number of H-pyrrole nitrogens is 1. The number of thioether (sulfide) groups is 1. The maximum Gasteiger partial charge on any atom is 0.343 e. The lowest BCUT2D eigenvalue weighted by Gasteiger charge is -2.18. The van der Waals surface area contributed by atoms with E-state index in [2.05, 4.69) is 15.5 Å². The third kappa shape index (κ3) is 5.08. The molecule has 0 bridgehead atoms. The molecule has 0 saturated carbocycles. The van der Waals surface area contributed by atoms with E-state index < -0.39 is 5.25 Å². The van der Waals surface area contributed by atoms with Gasteiger partial charge in [-0.15, -0.1) is 5.10 Å². The normalized spacial score (nSPS) is 11.8. The number of ether oxygens (including phenoxy) is 1. The van der Waals surface area contributed by atoms with Crippen LogP contribution in [0, 0.1) is 0 Å². The van der Waals surface area contributed by atoms with Gasteiger partial charge in [0.15, 0.2) is 5.16 Å². The zero-order valence-corrected chi connectivity index (χ0v) is 17.2. The van der Waals surface area contributed by atoms with Crippen LogP contribution in [0.25, 0.3) is 0 Å². The lowest BCUT2D eigenvalue weighted by atomic mass is 10.1. The fourth-order valence-electron chi connectivity index (χ4n) is 2.87. The van der Waals surface area contributed by atoms with Crippen LogP contribution in [0.3, 0.4) is 0 Å². The van der Waals surface area contributed by atoms with E-state index in [1.807, 2.05) is 62.4 Å². The van der Waals surface area contributed by atoms with Gasteiger partial charge in [-0.1, -0.05) is 61.2 Å². The second-order valence-corrected chi connectivity index (χ2v) is 7.36. The molecule has 0 aliphatic heterocycles. The Morgan fingerprint density at radius 3 is 2.62 bits per heavy atom. The number of hydrogen-bond donors (Lipinski definition) is 2. The third-order valence-corrected chi connectivity index (χ3v) is 5.42. The Balaban J connectivity index is 1.91. The molecule has 152 valence electrons. The molecular formula is C21H24N4O3S. The first-order valence-electron chi connectivity index (χ1n) is 9.53. The molecule has 0 unspecified atom stereocenters. The first-order valence-corrected chi connectivity index (χ1v) is 10.4. The van der Waals surface area contributed by atoms with E-state index in [1.165, 1.54) is 11.8 Å². The molecule has 0 fully saturated rings. The lowest BCUT2D eigenvalue weighted by molar-refractivity contribution is -0.115. The Kier molecular flexibility index (Phi) is 7.13. The van der Waals surface area contributed by atoms with Gasteiger partial charge in [0.2, 0.25) is 5.91 Å². The van der Waals surface area contributed by atoms with E-state index in [-0.39, 0.29) is 11.6 Å². The summed E-state index contributed by atoms with van der Waals surface area (Å²) in [4.78, 5) is 25.3. The second kappa shape index (κ2) is 9.97. The quantitative estimate of drug-likeness (QED) is 0.521. The fraction of sp³-hybridized carbons (Fsp3) is 0.286. The Morgan fingerprint density at radius 2 is 1.90 bits per heavy atom. The van der Waals surface area contributed by atoms with Crippen molar-refractivity contribution in [3.05, 3.63) is 70.6 Å². The number of benzene rings is 2. The molecule has 0 saturated heterocycles. The minimum absolute atomic E-state index is 0.216. The van der Waals surface area contributed by atoms with Crippen molar-refractivity contribution in [2.45, 2.75) is 37.2 Å². The smallest absolute Gasteiger partial charge is 0.343 e. The van der Waals surface area contributed by atoms with Crippen LogP contribution in [0.4, 0.5) is 5.69 Å². The molecule has 0 radical (unpaired) electrons. The van der Waals surface area contributed by atoms with Gasteiger partial charge in [0.1, 0.15) is 11.0 Å². The van der Waals surface area contributed by atoms with Gasteiger partial charge in [0.05, 0.1) is 12.3 Å². The number of rotatable bonds is 9. The molecule has 29 heavy (non-hydrogen) atoms. The Morgan fingerprint density at radius 1 is 1.17 bits per heavy atom. The van der Waals surface area contributed by atoms with Crippen molar-refractivity contribution in [3.63, 3.8) is 0 Å². The molecule has 0 aliphatic rings. The van der Waals surface area contributed by atoms with Gasteiger partial charge >= 0.3 is 5.69 Å². The molecule has 0 spiro atoms. The number of aromatic amines is 1. The molecule has 1 heterocycles. The van der Waals surface area contributed by atoms with Crippen molar-refractivity contribution in [2.24, 2.45) is 0 Å². The summed E-state index contributed by atoms with van der Waals surface area (Å²) >= 11 is 1.24. The van der Waals surface area contributed by atoms with Crippen LogP contribution < -0.4 is 15.7 Å². The van der Waals surface area contributed by atoms with Crippen molar-refractivity contribution in [2.75, 3.05) is 11.9 Å². The van der Waals surface area contributed by atoms with E-state index >= 15 is 0 Å². The Bertz CT molecular complexity index is 1000. The van der Waals surface area contributed by atoms with Crippen molar-refractivity contribution < 1.29 is 9.53 Å². The first-order chi connectivity index (χ1) is 14.1. The SMILES string of the molecule is CCCn1c(S[C@H](C(=O)Nc2ccccc2OCC)c2ccccc2)n[nH]c1=O. The van der Waals surface area contributed by atoms with Crippen LogP contribution in [0.15, 0.2) is 64.5 Å². The summed E-state index contributed by atoms with van der Waals surface area (Å²) in [6.07, 6.45) is 0.789. The number of anilines is 1. The summed E-state index contributed by atoms with van der Waals surface area (Å²) in [5, 5.41) is 9.46. The number of para-hydroxylation sites is 2. The molecule has 7 nitrogen and oxygen atoms in total. The molecule has 1 amide bonds. The number of carbonyl (C=O) groups excluding carboxylic acids is 1. The Labute approximate surface area is 173 Å². The number of hydrogen-bond acceptors (Lipinski definition) is 5. The predicted octanol–water partition coefficient (Wildman–Crippen LogP) is 3.85. The molecule has 3 rings (SSSR count). The zero-order chi connectivity index (χ0) is 20.6. The summed E-state index contributed by atoms with van der Waals surface area (Å²) in [5.74, 6) is 0.398. The number of nitrogens with zero attached hydrogens (tertiary/aromatic N) is 2. The van der Waals surface area contributed by atoms with Crippen LogP contribution in [-0.4, -0.2) is 27.3 Å². The number of carbonyl (C=O) groups is 1. The van der Waals surface area contributed by atoms with E-state index in [4.69, 9.17) is 4.74 Å². The molecule has 2 aromatic carbocycles. The highest BCUT2D eigenvalue weighted by atomic mass is 32.2. The molecular weight excluding hydrogens is 388 g/mol. The third-order valence-electron chi connectivity index (χ3n) is 4.18. The predicted molar refractivity (Wildman–Crippen MR) is 114 cm³/mol. The van der Waals surface area contributed by atoms with Gasteiger partial charge in [-0.05, 0) is 31.0 Å². The molecule has 1 aromatic heterocycles. The number of nitrogens with one attached hydrogen (secondary N) is 2. The average molecular weight is 413 g/mol. The van der Waals surface area contributed by atoms with Crippen molar-refractivity contribution >= 4 is 23.4 Å². The van der Waals surface area contributed by atoms with Crippen LogP contribution >= 0.6 is 11.8 Å². The topological polar surface area (TPSA) is 89.0 Å². The lowest BCUT2D eigenvalue weighted by Crippen LogP contribution is -2.21. The Hall–Kier alpha value is -3.00. The molecule has 2 N–H and O–H groups in total. The number of amides is 1. The number of aromatic nitrogens is 3. The van der Waals surface area contributed by atoms with Gasteiger partial charge in [0, 0.05) is 6.54 Å². The average Bonchev–Trinajstić information content (AvgIpc) is 3.08. The molecule has 8 heteroatoms. The summed E-state index contributed by atoms with van der Waals surface area (Å²) < 4.78 is 7.17. The van der Waals surface area contributed by atoms with Crippen LogP contribution in [0.5, 0.6) is 5.75 Å². The van der Waals surface area contributed by atoms with Crippen molar-refractivity contribution in [1.82, 2.24) is 14.8 Å². The summed E-state index contributed by atoms with van der Waals surface area (Å²) in [6.45, 7) is 4.92. The van der Waals surface area contributed by atoms with Crippen molar-refractivity contribution in [1.29, 1.82) is 0 Å². The van der Waals surface area contributed by atoms with E-state index in [0.717, 1.165) is 12.0 Å². The fourth-order valence-corrected chi connectivity index (χ4v) is 3.94. The highest BCUT2D eigenvalue weighted by molar-refractivity contribution is 8.00. The maximum atomic E-state index is 13.2. The highest BCUT2D eigenvalue weighted by Crippen LogP contribution is 2.36. The summed E-state index contributed by atoms with van der Waals surface area (Å²) in [5.41, 5.74) is 1.15. The van der Waals surface area contributed by atoms with Crippen LogP contribution in [0.2, 0.25) is 0 Å². The minimum Gasteiger partial charge on any atom is -0.492 e. The second-order valence-electron chi connectivity index (χ2n) is 6.29. The monoisotopic (exact) mass is 412 g/mol. The molecule has 0 aliphatic carbocycles. The van der Waals surface area contributed by atoms with Gasteiger partial charge in [-0.2, -0.15) is 0 Å². The first kappa shape index (κ1) is 20.7. The molecule has 1 atom stereocenters. The largest absolute Gasteiger partial charge is 0.492 e. The van der Waals surface area contributed by atoms with E-state index in [0.29, 0.717) is 29.7 Å². The molecule has 3 aromatic rings. The minimum atomic E-state index is -0.586. The maximum absolute atomic E-state index is 13.2. The van der Waals surface area contributed by atoms with Crippen LogP contribution in [0.1, 0.15) is 31.1 Å².